The smallest absolute Gasteiger partial charge is 0.238 e. The molecule has 0 saturated carbocycles. The molecule has 1 N–H and O–H groups in total. The van der Waals surface area contributed by atoms with E-state index in [0.717, 1.165) is 32.1 Å². The summed E-state index contributed by atoms with van der Waals surface area (Å²) in [5.74, 6) is 1.92. The van der Waals surface area contributed by atoms with Crippen molar-refractivity contribution in [3.8, 4) is 11.5 Å². The Morgan fingerprint density at radius 1 is 1.12 bits per heavy atom. The molecule has 1 amide bonds. The van der Waals surface area contributed by atoms with Crippen LogP contribution in [0.25, 0.3) is 0 Å². The van der Waals surface area contributed by atoms with Gasteiger partial charge < -0.3 is 19.7 Å². The topological polar surface area (TPSA) is 79.8 Å². The fourth-order valence-electron chi connectivity index (χ4n) is 2.87. The average molecular weight is 357 g/mol. The number of piperazine rings is 1. The summed E-state index contributed by atoms with van der Waals surface area (Å²) in [6.07, 6.45) is 3.48. The lowest BCUT2D eigenvalue weighted by Gasteiger charge is -2.34. The summed E-state index contributed by atoms with van der Waals surface area (Å²) >= 11 is 0. The number of rotatable bonds is 6. The monoisotopic (exact) mass is 357 g/mol. The number of methoxy groups -OCH3 is 2. The van der Waals surface area contributed by atoms with Gasteiger partial charge in [0.25, 0.3) is 0 Å². The van der Waals surface area contributed by atoms with E-state index >= 15 is 0 Å². The molecule has 8 nitrogen and oxygen atoms in total. The fourth-order valence-corrected chi connectivity index (χ4v) is 2.87. The highest BCUT2D eigenvalue weighted by molar-refractivity contribution is 5.94. The van der Waals surface area contributed by atoms with E-state index < -0.39 is 0 Å². The molecule has 8 heteroatoms. The molecule has 1 aliphatic heterocycles. The van der Waals surface area contributed by atoms with Crippen LogP contribution >= 0.6 is 0 Å². The molecule has 3 rings (SSSR count). The Kier molecular flexibility index (Phi) is 5.85. The van der Waals surface area contributed by atoms with Gasteiger partial charge in [0.2, 0.25) is 11.9 Å². The van der Waals surface area contributed by atoms with E-state index in [1.165, 1.54) is 0 Å². The van der Waals surface area contributed by atoms with E-state index in [0.29, 0.717) is 23.7 Å². The summed E-state index contributed by atoms with van der Waals surface area (Å²) in [4.78, 5) is 25.2. The van der Waals surface area contributed by atoms with Crippen LogP contribution < -0.4 is 19.7 Å². The molecule has 1 aromatic carbocycles. The minimum absolute atomic E-state index is 0.0824. The first kappa shape index (κ1) is 17.9. The number of nitrogens with zero attached hydrogens (tertiary/aromatic N) is 4. The Hall–Kier alpha value is -2.87. The van der Waals surface area contributed by atoms with Crippen LogP contribution in [0.5, 0.6) is 11.5 Å². The summed E-state index contributed by atoms with van der Waals surface area (Å²) in [5.41, 5.74) is 0.605. The normalized spacial score (nSPS) is 14.8. The molecule has 1 aliphatic rings. The van der Waals surface area contributed by atoms with E-state index in [1.54, 1.807) is 50.9 Å². The number of aromatic nitrogens is 2. The quantitative estimate of drug-likeness (QED) is 0.833. The molecule has 0 aliphatic carbocycles. The standard InChI is InChI=1S/C18H23N5O3/c1-25-14-4-5-16(26-2)15(12-14)21-17(24)13-22-8-10-23(11-9-22)18-19-6-3-7-20-18/h3-7,12H,8-11,13H2,1-2H3,(H,21,24). The predicted molar refractivity (Wildman–Crippen MR) is 98.9 cm³/mol. The first-order valence-corrected chi connectivity index (χ1v) is 8.46. The number of hydrogen-bond donors (Lipinski definition) is 1. The summed E-state index contributed by atoms with van der Waals surface area (Å²) in [6, 6.07) is 7.12. The van der Waals surface area contributed by atoms with Crippen molar-refractivity contribution in [1.29, 1.82) is 0 Å². The van der Waals surface area contributed by atoms with Crippen LogP contribution in [0.15, 0.2) is 36.7 Å². The van der Waals surface area contributed by atoms with Crippen LogP contribution in [-0.2, 0) is 4.79 Å². The van der Waals surface area contributed by atoms with E-state index in [-0.39, 0.29) is 5.91 Å². The molecule has 0 radical (unpaired) electrons. The zero-order valence-electron chi connectivity index (χ0n) is 15.0. The first-order valence-electron chi connectivity index (χ1n) is 8.46. The molecule has 1 aromatic heterocycles. The van der Waals surface area contributed by atoms with Crippen molar-refractivity contribution in [3.63, 3.8) is 0 Å². The Labute approximate surface area is 152 Å². The summed E-state index contributed by atoms with van der Waals surface area (Å²) in [7, 11) is 3.16. The number of nitrogens with one attached hydrogen (secondary N) is 1. The molecular formula is C18H23N5O3. The highest BCUT2D eigenvalue weighted by Crippen LogP contribution is 2.28. The molecule has 0 atom stereocenters. The zero-order chi connectivity index (χ0) is 18.4. The first-order chi connectivity index (χ1) is 12.7. The molecule has 1 fully saturated rings. The van der Waals surface area contributed by atoms with Crippen molar-refractivity contribution in [3.05, 3.63) is 36.7 Å². The van der Waals surface area contributed by atoms with Crippen molar-refractivity contribution in [1.82, 2.24) is 14.9 Å². The Bertz CT molecular complexity index is 733. The van der Waals surface area contributed by atoms with Gasteiger partial charge in [-0.2, -0.15) is 0 Å². The maximum atomic E-state index is 12.4. The van der Waals surface area contributed by atoms with E-state index in [1.807, 2.05) is 0 Å². The lowest BCUT2D eigenvalue weighted by Crippen LogP contribution is -2.49. The highest BCUT2D eigenvalue weighted by Gasteiger charge is 2.21. The van der Waals surface area contributed by atoms with Crippen molar-refractivity contribution >= 4 is 17.5 Å². The van der Waals surface area contributed by atoms with E-state index in [9.17, 15) is 4.79 Å². The van der Waals surface area contributed by atoms with Gasteiger partial charge in [0.1, 0.15) is 11.5 Å². The molecule has 138 valence electrons. The number of carbonyl (C=O) groups excluding carboxylic acids is 1. The molecule has 2 heterocycles. The molecule has 2 aromatic rings. The molecule has 0 bridgehead atoms. The number of ether oxygens (including phenoxy) is 2. The lowest BCUT2D eigenvalue weighted by atomic mass is 10.2. The fraction of sp³-hybridized carbons (Fsp3) is 0.389. The largest absolute Gasteiger partial charge is 0.497 e. The van der Waals surface area contributed by atoms with Gasteiger partial charge in [-0.25, -0.2) is 9.97 Å². The highest BCUT2D eigenvalue weighted by atomic mass is 16.5. The number of amides is 1. The van der Waals surface area contributed by atoms with Gasteiger partial charge in [-0.3, -0.25) is 9.69 Å². The maximum absolute atomic E-state index is 12.4. The van der Waals surface area contributed by atoms with Gasteiger partial charge in [0, 0.05) is 44.6 Å². The SMILES string of the molecule is COc1ccc(OC)c(NC(=O)CN2CCN(c3ncccn3)CC2)c1. The maximum Gasteiger partial charge on any atom is 0.238 e. The molecule has 0 spiro atoms. The second-order valence-electron chi connectivity index (χ2n) is 5.93. The molecule has 0 unspecified atom stereocenters. The van der Waals surface area contributed by atoms with Gasteiger partial charge in [-0.15, -0.1) is 0 Å². The number of benzene rings is 1. The van der Waals surface area contributed by atoms with Crippen molar-refractivity contribution in [2.24, 2.45) is 0 Å². The minimum atomic E-state index is -0.0824. The third kappa shape index (κ3) is 4.40. The lowest BCUT2D eigenvalue weighted by molar-refractivity contribution is -0.117. The van der Waals surface area contributed by atoms with Gasteiger partial charge in [-0.1, -0.05) is 0 Å². The molecule has 1 saturated heterocycles. The van der Waals surface area contributed by atoms with Crippen LogP contribution in [0.1, 0.15) is 0 Å². The zero-order valence-corrected chi connectivity index (χ0v) is 15.0. The third-order valence-corrected chi connectivity index (χ3v) is 4.26. The molecular weight excluding hydrogens is 334 g/mol. The Morgan fingerprint density at radius 3 is 2.50 bits per heavy atom. The van der Waals surface area contributed by atoms with Crippen molar-refractivity contribution in [2.75, 3.05) is 57.2 Å². The van der Waals surface area contributed by atoms with Gasteiger partial charge in [0.15, 0.2) is 0 Å². The second-order valence-corrected chi connectivity index (χ2v) is 5.93. The average Bonchev–Trinajstić information content (AvgIpc) is 2.69. The number of anilines is 2. The van der Waals surface area contributed by atoms with Crippen LogP contribution in [0.2, 0.25) is 0 Å². The van der Waals surface area contributed by atoms with Gasteiger partial charge >= 0.3 is 0 Å². The summed E-state index contributed by atoms with van der Waals surface area (Å²) in [6.45, 7) is 3.46. The summed E-state index contributed by atoms with van der Waals surface area (Å²) in [5, 5.41) is 2.90. The second kappa shape index (κ2) is 8.48. The van der Waals surface area contributed by atoms with Gasteiger partial charge in [-0.05, 0) is 18.2 Å². The van der Waals surface area contributed by atoms with Crippen LogP contribution in [0, 0.1) is 0 Å². The predicted octanol–water partition coefficient (Wildman–Crippen LogP) is 1.25. The molecule has 26 heavy (non-hydrogen) atoms. The third-order valence-electron chi connectivity index (χ3n) is 4.26. The minimum Gasteiger partial charge on any atom is -0.497 e. The van der Waals surface area contributed by atoms with Crippen LogP contribution in [-0.4, -0.2) is 67.7 Å². The Balaban J connectivity index is 1.53. The van der Waals surface area contributed by atoms with Crippen molar-refractivity contribution in [2.45, 2.75) is 0 Å². The number of carbonyl (C=O) groups is 1. The summed E-state index contributed by atoms with van der Waals surface area (Å²) < 4.78 is 10.5. The van der Waals surface area contributed by atoms with E-state index in [2.05, 4.69) is 25.1 Å². The Morgan fingerprint density at radius 2 is 1.85 bits per heavy atom. The van der Waals surface area contributed by atoms with Gasteiger partial charge in [0.05, 0.1) is 26.5 Å². The van der Waals surface area contributed by atoms with Crippen LogP contribution in [0.3, 0.4) is 0 Å². The van der Waals surface area contributed by atoms with Crippen LogP contribution in [0.4, 0.5) is 11.6 Å². The van der Waals surface area contributed by atoms with Crippen molar-refractivity contribution < 1.29 is 14.3 Å². The number of hydrogen-bond acceptors (Lipinski definition) is 7. The van der Waals surface area contributed by atoms with E-state index in [4.69, 9.17) is 9.47 Å².